The molecule has 2 aromatic rings. The van der Waals surface area contributed by atoms with Gasteiger partial charge in [0.25, 0.3) is 0 Å². The minimum absolute atomic E-state index is 0.0327. The number of nitrogens with two attached hydrogens (primary N) is 1. The molecule has 0 saturated heterocycles. The number of benzene rings is 2. The van der Waals surface area contributed by atoms with Gasteiger partial charge >= 0.3 is 0 Å². The molecule has 1 atom stereocenters. The van der Waals surface area contributed by atoms with Crippen molar-refractivity contribution in [2.75, 3.05) is 11.9 Å². The van der Waals surface area contributed by atoms with Crippen molar-refractivity contribution in [2.24, 2.45) is 5.73 Å². The number of rotatable bonds is 4. The lowest BCUT2D eigenvalue weighted by atomic mass is 10.1. The molecular weight excluding hydrogens is 347 g/mol. The fourth-order valence-corrected chi connectivity index (χ4v) is 2.38. The van der Waals surface area contributed by atoms with Crippen molar-refractivity contribution in [3.8, 4) is 0 Å². The van der Waals surface area contributed by atoms with E-state index in [-0.39, 0.29) is 6.04 Å². The number of halogens is 3. The summed E-state index contributed by atoms with van der Waals surface area (Å²) in [5.74, 6) is 0. The molecule has 0 aliphatic carbocycles. The molecule has 100 valence electrons. The van der Waals surface area contributed by atoms with Crippen LogP contribution in [0.5, 0.6) is 0 Å². The molecule has 2 nitrogen and oxygen atoms in total. The Kier molecular flexibility index (Phi) is 5.11. The van der Waals surface area contributed by atoms with Crippen molar-refractivity contribution in [1.82, 2.24) is 0 Å². The van der Waals surface area contributed by atoms with E-state index in [2.05, 4.69) is 21.2 Å². The van der Waals surface area contributed by atoms with Crippen LogP contribution in [0, 0.1) is 0 Å². The molecule has 3 N–H and O–H groups in total. The largest absolute Gasteiger partial charge is 0.377 e. The highest BCUT2D eigenvalue weighted by Crippen LogP contribution is 2.28. The SMILES string of the molecule is NCC(Nc1ccc(Cl)c(Br)c1)c1ccc(Cl)cc1. The van der Waals surface area contributed by atoms with Crippen molar-refractivity contribution >= 4 is 44.8 Å². The van der Waals surface area contributed by atoms with Crippen LogP contribution in [0.4, 0.5) is 5.69 Å². The quantitative estimate of drug-likeness (QED) is 0.817. The summed E-state index contributed by atoms with van der Waals surface area (Å²) in [6.45, 7) is 0.488. The molecule has 1 unspecified atom stereocenters. The van der Waals surface area contributed by atoms with Crippen LogP contribution in [-0.2, 0) is 0 Å². The van der Waals surface area contributed by atoms with Gasteiger partial charge in [-0.05, 0) is 51.8 Å². The van der Waals surface area contributed by atoms with E-state index in [9.17, 15) is 0 Å². The molecular formula is C14H13BrCl2N2. The van der Waals surface area contributed by atoms with Crippen LogP contribution in [0.1, 0.15) is 11.6 Å². The Labute approximate surface area is 131 Å². The van der Waals surface area contributed by atoms with Crippen molar-refractivity contribution in [2.45, 2.75) is 6.04 Å². The predicted octanol–water partition coefficient (Wildman–Crippen LogP) is 4.87. The maximum atomic E-state index is 5.97. The molecule has 0 heterocycles. The molecule has 0 aromatic heterocycles. The minimum Gasteiger partial charge on any atom is -0.377 e. The summed E-state index contributed by atoms with van der Waals surface area (Å²) >= 11 is 15.3. The molecule has 0 bridgehead atoms. The van der Waals surface area contributed by atoms with E-state index in [0.29, 0.717) is 16.6 Å². The summed E-state index contributed by atoms with van der Waals surface area (Å²) < 4.78 is 0.853. The van der Waals surface area contributed by atoms with E-state index in [1.165, 1.54) is 0 Å². The van der Waals surface area contributed by atoms with Crippen LogP contribution < -0.4 is 11.1 Å². The van der Waals surface area contributed by atoms with Gasteiger partial charge in [-0.15, -0.1) is 0 Å². The molecule has 0 aliphatic rings. The first-order chi connectivity index (χ1) is 9.10. The van der Waals surface area contributed by atoms with Crippen LogP contribution in [0.3, 0.4) is 0 Å². The summed E-state index contributed by atoms with van der Waals surface area (Å²) in [6, 6.07) is 13.4. The monoisotopic (exact) mass is 358 g/mol. The van der Waals surface area contributed by atoms with Crippen molar-refractivity contribution in [1.29, 1.82) is 0 Å². The average Bonchev–Trinajstić information content (AvgIpc) is 2.41. The average molecular weight is 360 g/mol. The van der Waals surface area contributed by atoms with Crippen molar-refractivity contribution < 1.29 is 0 Å². The van der Waals surface area contributed by atoms with Gasteiger partial charge in [0.15, 0.2) is 0 Å². The first kappa shape index (κ1) is 14.7. The zero-order chi connectivity index (χ0) is 13.8. The van der Waals surface area contributed by atoms with E-state index >= 15 is 0 Å². The van der Waals surface area contributed by atoms with Crippen molar-refractivity contribution in [3.63, 3.8) is 0 Å². The van der Waals surface area contributed by atoms with Crippen LogP contribution in [-0.4, -0.2) is 6.54 Å². The van der Waals surface area contributed by atoms with E-state index in [4.69, 9.17) is 28.9 Å². The normalized spacial score (nSPS) is 12.2. The molecule has 0 radical (unpaired) electrons. The Bertz CT molecular complexity index is 558. The van der Waals surface area contributed by atoms with Gasteiger partial charge in [-0.25, -0.2) is 0 Å². The number of hydrogen-bond donors (Lipinski definition) is 2. The molecule has 0 spiro atoms. The lowest BCUT2D eigenvalue weighted by Gasteiger charge is -2.19. The number of nitrogens with one attached hydrogen (secondary N) is 1. The molecule has 19 heavy (non-hydrogen) atoms. The number of hydrogen-bond acceptors (Lipinski definition) is 2. The summed E-state index contributed by atoms with van der Waals surface area (Å²) in [7, 11) is 0. The van der Waals surface area contributed by atoms with E-state index < -0.39 is 0 Å². The second-order valence-electron chi connectivity index (χ2n) is 4.11. The molecule has 0 aliphatic heterocycles. The van der Waals surface area contributed by atoms with Gasteiger partial charge in [0.05, 0.1) is 11.1 Å². The van der Waals surface area contributed by atoms with Crippen molar-refractivity contribution in [3.05, 3.63) is 62.5 Å². The predicted molar refractivity (Wildman–Crippen MR) is 86.0 cm³/mol. The second kappa shape index (κ2) is 6.62. The Morgan fingerprint density at radius 1 is 1.11 bits per heavy atom. The summed E-state index contributed by atoms with van der Waals surface area (Å²) in [5.41, 5.74) is 7.88. The zero-order valence-corrected chi connectivity index (χ0v) is 13.1. The molecule has 2 rings (SSSR count). The highest BCUT2D eigenvalue weighted by Gasteiger charge is 2.10. The smallest absolute Gasteiger partial charge is 0.0636 e. The summed E-state index contributed by atoms with van der Waals surface area (Å²) in [5, 5.41) is 4.77. The lowest BCUT2D eigenvalue weighted by molar-refractivity contribution is 0.790. The summed E-state index contributed by atoms with van der Waals surface area (Å²) in [6.07, 6.45) is 0. The topological polar surface area (TPSA) is 38.0 Å². The fourth-order valence-electron chi connectivity index (χ4n) is 1.76. The highest BCUT2D eigenvalue weighted by atomic mass is 79.9. The van der Waals surface area contributed by atoms with Gasteiger partial charge in [0.2, 0.25) is 0 Å². The third-order valence-electron chi connectivity index (χ3n) is 2.77. The Morgan fingerprint density at radius 3 is 2.37 bits per heavy atom. The maximum Gasteiger partial charge on any atom is 0.0636 e. The van der Waals surface area contributed by atoms with Gasteiger partial charge in [-0.3, -0.25) is 0 Å². The van der Waals surface area contributed by atoms with E-state index in [1.807, 2.05) is 42.5 Å². The minimum atomic E-state index is 0.0327. The van der Waals surface area contributed by atoms with E-state index in [0.717, 1.165) is 15.7 Å². The molecule has 0 fully saturated rings. The molecule has 0 saturated carbocycles. The maximum absolute atomic E-state index is 5.97. The molecule has 5 heteroatoms. The third-order valence-corrected chi connectivity index (χ3v) is 4.23. The van der Waals surface area contributed by atoms with Crippen LogP contribution in [0.2, 0.25) is 10.0 Å². The van der Waals surface area contributed by atoms with Crippen LogP contribution in [0.15, 0.2) is 46.9 Å². The molecule has 0 amide bonds. The van der Waals surface area contributed by atoms with Gasteiger partial charge in [-0.2, -0.15) is 0 Å². The Hall–Kier alpha value is -0.740. The first-order valence-corrected chi connectivity index (χ1v) is 7.32. The summed E-state index contributed by atoms with van der Waals surface area (Å²) in [4.78, 5) is 0. The lowest BCUT2D eigenvalue weighted by Crippen LogP contribution is -2.20. The second-order valence-corrected chi connectivity index (χ2v) is 5.81. The Morgan fingerprint density at radius 2 is 1.79 bits per heavy atom. The van der Waals surface area contributed by atoms with Crippen LogP contribution >= 0.6 is 39.1 Å². The van der Waals surface area contributed by atoms with E-state index in [1.54, 1.807) is 0 Å². The Balaban J connectivity index is 2.18. The first-order valence-electron chi connectivity index (χ1n) is 5.77. The highest BCUT2D eigenvalue weighted by molar-refractivity contribution is 9.10. The van der Waals surface area contributed by atoms with Gasteiger partial charge < -0.3 is 11.1 Å². The number of anilines is 1. The van der Waals surface area contributed by atoms with Gasteiger partial charge in [0, 0.05) is 21.7 Å². The van der Waals surface area contributed by atoms with Crippen LogP contribution in [0.25, 0.3) is 0 Å². The zero-order valence-electron chi connectivity index (χ0n) is 10.0. The fraction of sp³-hybridized carbons (Fsp3) is 0.143. The molecule has 2 aromatic carbocycles. The third kappa shape index (κ3) is 3.86. The van der Waals surface area contributed by atoms with Gasteiger partial charge in [-0.1, -0.05) is 35.3 Å². The van der Waals surface area contributed by atoms with Gasteiger partial charge in [0.1, 0.15) is 0 Å². The standard InChI is InChI=1S/C14H13BrCl2N2/c15-12-7-11(5-6-13(12)17)19-14(8-18)9-1-3-10(16)4-2-9/h1-7,14,19H,8,18H2.